The highest BCUT2D eigenvalue weighted by Crippen LogP contribution is 2.16. The van der Waals surface area contributed by atoms with Crippen molar-refractivity contribution >= 4 is 11.7 Å². The molecule has 0 aliphatic heterocycles. The van der Waals surface area contributed by atoms with E-state index in [-0.39, 0.29) is 18.7 Å². The summed E-state index contributed by atoms with van der Waals surface area (Å²) >= 11 is 0. The highest BCUT2D eigenvalue weighted by molar-refractivity contribution is 5.89. The molecule has 2 aromatic rings. The predicted molar refractivity (Wildman–Crippen MR) is 91.0 cm³/mol. The zero-order valence-electron chi connectivity index (χ0n) is 13.8. The number of nitrogens with one attached hydrogen (secondary N) is 2. The fourth-order valence-corrected chi connectivity index (χ4v) is 2.47. The van der Waals surface area contributed by atoms with Crippen LogP contribution in [-0.2, 0) is 0 Å². The van der Waals surface area contributed by atoms with Crippen LogP contribution in [0, 0.1) is 13.8 Å². The number of urea groups is 1. The predicted octanol–water partition coefficient (Wildman–Crippen LogP) is 2.77. The Kier molecular flexibility index (Phi) is 5.76. The van der Waals surface area contributed by atoms with Crippen LogP contribution in [0.4, 0.5) is 10.5 Å². The maximum Gasteiger partial charge on any atom is 0.319 e. The third-order valence-electron chi connectivity index (χ3n) is 3.53. The minimum atomic E-state index is -0.249. The molecule has 2 amide bonds. The van der Waals surface area contributed by atoms with Crippen molar-refractivity contribution < 1.29 is 9.90 Å². The second-order valence-corrected chi connectivity index (χ2v) is 5.75. The summed E-state index contributed by atoms with van der Waals surface area (Å²) in [5.74, 6) is 0. The molecule has 0 spiro atoms. The average Bonchev–Trinajstić information content (AvgIpc) is 2.84. The van der Waals surface area contributed by atoms with Crippen molar-refractivity contribution in [1.29, 1.82) is 0 Å². The van der Waals surface area contributed by atoms with E-state index < -0.39 is 0 Å². The van der Waals surface area contributed by atoms with Crippen LogP contribution in [0.25, 0.3) is 5.69 Å². The van der Waals surface area contributed by atoms with Crippen LogP contribution in [0.3, 0.4) is 0 Å². The van der Waals surface area contributed by atoms with Gasteiger partial charge >= 0.3 is 6.03 Å². The molecule has 0 radical (unpaired) electrons. The molecule has 2 rings (SSSR count). The zero-order chi connectivity index (χ0) is 16.8. The number of hydrogen-bond acceptors (Lipinski definition) is 3. The molecule has 23 heavy (non-hydrogen) atoms. The SMILES string of the molecule is Cc1cc(C)n(-c2cccc(NC(=O)NC(C)CCCO)c2)n1. The second-order valence-electron chi connectivity index (χ2n) is 5.75. The van der Waals surface area contributed by atoms with Crippen molar-refractivity contribution in [3.63, 3.8) is 0 Å². The Bertz CT molecular complexity index is 666. The quantitative estimate of drug-likeness (QED) is 0.766. The van der Waals surface area contributed by atoms with Crippen LogP contribution in [0.2, 0.25) is 0 Å². The molecule has 6 heteroatoms. The molecule has 1 atom stereocenters. The number of aryl methyl sites for hydroxylation is 2. The van der Waals surface area contributed by atoms with E-state index in [9.17, 15) is 4.79 Å². The summed E-state index contributed by atoms with van der Waals surface area (Å²) in [5, 5.41) is 18.9. The number of hydrogen-bond donors (Lipinski definition) is 3. The van der Waals surface area contributed by atoms with Gasteiger partial charge in [0.2, 0.25) is 0 Å². The van der Waals surface area contributed by atoms with Crippen molar-refractivity contribution in [3.8, 4) is 5.69 Å². The first-order valence-electron chi connectivity index (χ1n) is 7.81. The molecule has 1 unspecified atom stereocenters. The van der Waals surface area contributed by atoms with Gasteiger partial charge in [-0.3, -0.25) is 0 Å². The van der Waals surface area contributed by atoms with Gasteiger partial charge in [-0.1, -0.05) is 6.07 Å². The molecule has 0 aliphatic rings. The van der Waals surface area contributed by atoms with Gasteiger partial charge in [0.1, 0.15) is 0 Å². The summed E-state index contributed by atoms with van der Waals surface area (Å²) in [5.41, 5.74) is 3.61. The molecule has 1 heterocycles. The number of aliphatic hydroxyl groups excluding tert-OH is 1. The summed E-state index contributed by atoms with van der Waals surface area (Å²) < 4.78 is 1.85. The first-order valence-corrected chi connectivity index (χ1v) is 7.81. The molecule has 0 fully saturated rings. The van der Waals surface area contributed by atoms with Crippen LogP contribution in [0.15, 0.2) is 30.3 Å². The van der Waals surface area contributed by atoms with E-state index >= 15 is 0 Å². The number of nitrogens with zero attached hydrogens (tertiary/aromatic N) is 2. The molecular formula is C17H24N4O2. The van der Waals surface area contributed by atoms with Gasteiger partial charge in [-0.25, -0.2) is 9.48 Å². The van der Waals surface area contributed by atoms with E-state index in [1.807, 2.05) is 55.8 Å². The Morgan fingerprint density at radius 2 is 2.13 bits per heavy atom. The van der Waals surface area contributed by atoms with E-state index in [2.05, 4.69) is 15.7 Å². The van der Waals surface area contributed by atoms with E-state index in [0.717, 1.165) is 23.5 Å². The Hall–Kier alpha value is -2.34. The third kappa shape index (κ3) is 4.82. The zero-order valence-corrected chi connectivity index (χ0v) is 13.8. The Morgan fingerprint density at radius 3 is 2.78 bits per heavy atom. The fraction of sp³-hybridized carbons (Fsp3) is 0.412. The number of aromatic nitrogens is 2. The van der Waals surface area contributed by atoms with Crippen LogP contribution >= 0.6 is 0 Å². The van der Waals surface area contributed by atoms with Gasteiger partial charge in [-0.15, -0.1) is 0 Å². The van der Waals surface area contributed by atoms with E-state index in [4.69, 9.17) is 5.11 Å². The number of aliphatic hydroxyl groups is 1. The summed E-state index contributed by atoms with van der Waals surface area (Å²) in [6, 6.07) is 9.34. The minimum Gasteiger partial charge on any atom is -0.396 e. The van der Waals surface area contributed by atoms with Crippen molar-refractivity contribution in [2.75, 3.05) is 11.9 Å². The number of carbonyl (C=O) groups is 1. The number of carbonyl (C=O) groups excluding carboxylic acids is 1. The van der Waals surface area contributed by atoms with Crippen molar-refractivity contribution in [3.05, 3.63) is 41.7 Å². The lowest BCUT2D eigenvalue weighted by molar-refractivity contribution is 0.245. The summed E-state index contributed by atoms with van der Waals surface area (Å²) in [6.07, 6.45) is 1.42. The molecule has 0 saturated heterocycles. The second kappa shape index (κ2) is 7.78. The van der Waals surface area contributed by atoms with Gasteiger partial charge in [0.05, 0.1) is 11.4 Å². The fourth-order valence-electron chi connectivity index (χ4n) is 2.47. The lowest BCUT2D eigenvalue weighted by atomic mass is 10.2. The Labute approximate surface area is 136 Å². The van der Waals surface area contributed by atoms with E-state index in [0.29, 0.717) is 12.1 Å². The van der Waals surface area contributed by atoms with Gasteiger partial charge in [0.15, 0.2) is 0 Å². The highest BCUT2D eigenvalue weighted by atomic mass is 16.3. The average molecular weight is 316 g/mol. The number of anilines is 1. The molecular weight excluding hydrogens is 292 g/mol. The molecule has 0 bridgehead atoms. The first kappa shape index (κ1) is 17.0. The highest BCUT2D eigenvalue weighted by Gasteiger charge is 2.09. The number of amides is 2. The van der Waals surface area contributed by atoms with E-state index in [1.54, 1.807) is 0 Å². The first-order chi connectivity index (χ1) is 11.0. The summed E-state index contributed by atoms with van der Waals surface area (Å²) in [4.78, 5) is 12.0. The molecule has 0 saturated carbocycles. The molecule has 1 aromatic heterocycles. The molecule has 6 nitrogen and oxygen atoms in total. The number of rotatable bonds is 6. The normalized spacial score (nSPS) is 12.0. The van der Waals surface area contributed by atoms with Gasteiger partial charge in [-0.05, 0) is 57.9 Å². The number of benzene rings is 1. The third-order valence-corrected chi connectivity index (χ3v) is 3.53. The Morgan fingerprint density at radius 1 is 1.35 bits per heavy atom. The lowest BCUT2D eigenvalue weighted by Gasteiger charge is -2.14. The van der Waals surface area contributed by atoms with Crippen LogP contribution < -0.4 is 10.6 Å². The lowest BCUT2D eigenvalue weighted by Crippen LogP contribution is -2.36. The molecule has 3 N–H and O–H groups in total. The maximum absolute atomic E-state index is 12.0. The smallest absolute Gasteiger partial charge is 0.319 e. The van der Waals surface area contributed by atoms with E-state index in [1.165, 1.54) is 0 Å². The van der Waals surface area contributed by atoms with Gasteiger partial charge in [-0.2, -0.15) is 5.10 Å². The molecule has 0 aliphatic carbocycles. The summed E-state index contributed by atoms with van der Waals surface area (Å²) in [6.45, 7) is 6.00. The van der Waals surface area contributed by atoms with Crippen LogP contribution in [0.1, 0.15) is 31.2 Å². The van der Waals surface area contributed by atoms with Crippen molar-refractivity contribution in [1.82, 2.24) is 15.1 Å². The molecule has 1 aromatic carbocycles. The van der Waals surface area contributed by atoms with Gasteiger partial charge in [0, 0.05) is 24.0 Å². The van der Waals surface area contributed by atoms with Gasteiger partial charge in [0.25, 0.3) is 0 Å². The summed E-state index contributed by atoms with van der Waals surface area (Å²) in [7, 11) is 0. The minimum absolute atomic E-state index is 0.0151. The largest absolute Gasteiger partial charge is 0.396 e. The Balaban J connectivity index is 2.03. The molecule has 124 valence electrons. The van der Waals surface area contributed by atoms with Gasteiger partial charge < -0.3 is 15.7 Å². The van der Waals surface area contributed by atoms with Crippen LogP contribution in [-0.4, -0.2) is 33.6 Å². The van der Waals surface area contributed by atoms with Crippen molar-refractivity contribution in [2.24, 2.45) is 0 Å². The topological polar surface area (TPSA) is 79.2 Å². The van der Waals surface area contributed by atoms with Crippen molar-refractivity contribution in [2.45, 2.75) is 39.7 Å². The maximum atomic E-state index is 12.0. The standard InChI is InChI=1S/C17H24N4O2/c1-12(6-5-9-22)18-17(23)19-15-7-4-8-16(11-15)21-14(3)10-13(2)20-21/h4,7-8,10-12,22H,5-6,9H2,1-3H3,(H2,18,19,23). The van der Waals surface area contributed by atoms with Crippen LogP contribution in [0.5, 0.6) is 0 Å². The monoisotopic (exact) mass is 316 g/mol.